The van der Waals surface area contributed by atoms with E-state index in [-0.39, 0.29) is 18.4 Å². The Morgan fingerprint density at radius 3 is 2.18 bits per heavy atom. The van der Waals surface area contributed by atoms with Gasteiger partial charge in [0.15, 0.2) is 0 Å². The minimum Gasteiger partial charge on any atom is -0.347 e. The van der Waals surface area contributed by atoms with Crippen LogP contribution in [0.15, 0.2) is 24.3 Å². The minimum atomic E-state index is -4.37. The van der Waals surface area contributed by atoms with E-state index in [1.54, 1.807) is 21.0 Å². The molecule has 0 aliphatic heterocycles. The molecule has 1 aromatic rings. The summed E-state index contributed by atoms with van der Waals surface area (Å²) in [5.74, 6) is -0.975. The second kappa shape index (κ2) is 7.29. The van der Waals surface area contributed by atoms with E-state index in [1.807, 2.05) is 0 Å². The van der Waals surface area contributed by atoms with Gasteiger partial charge in [0.05, 0.1) is 12.1 Å². The maximum atomic E-state index is 12.5. The average molecular weight is 316 g/mol. The highest BCUT2D eigenvalue weighted by Gasteiger charge is 2.30. The van der Waals surface area contributed by atoms with Gasteiger partial charge in [-0.2, -0.15) is 13.2 Å². The number of benzene rings is 1. The number of alkyl halides is 3. The highest BCUT2D eigenvalue weighted by Crippen LogP contribution is 2.29. The summed E-state index contributed by atoms with van der Waals surface area (Å²) in [5.41, 5.74) is -0.0838. The standard InChI is InChI=1S/C15H19F3N2O2/c1-10(14(22)19-9-13(21)20(2)3)8-11-4-6-12(7-5-11)15(16,17)18/h4-7,10H,8-9H2,1-3H3,(H,19,22)/t10-/m0/s1. The smallest absolute Gasteiger partial charge is 0.347 e. The SMILES string of the molecule is C[C@@H](Cc1ccc(C(F)(F)F)cc1)C(=O)NCC(=O)N(C)C. The van der Waals surface area contributed by atoms with Gasteiger partial charge in [-0.3, -0.25) is 9.59 Å². The van der Waals surface area contributed by atoms with Crippen LogP contribution in [-0.2, 0) is 22.2 Å². The van der Waals surface area contributed by atoms with Crippen molar-refractivity contribution in [2.75, 3.05) is 20.6 Å². The van der Waals surface area contributed by atoms with Crippen molar-refractivity contribution in [2.45, 2.75) is 19.5 Å². The van der Waals surface area contributed by atoms with Crippen LogP contribution >= 0.6 is 0 Å². The zero-order valence-electron chi connectivity index (χ0n) is 12.7. The molecule has 4 nitrogen and oxygen atoms in total. The van der Waals surface area contributed by atoms with Crippen molar-refractivity contribution in [2.24, 2.45) is 5.92 Å². The minimum absolute atomic E-state index is 0.0941. The third-order valence-corrected chi connectivity index (χ3v) is 3.18. The Balaban J connectivity index is 2.55. The van der Waals surface area contributed by atoms with Gasteiger partial charge in [-0.15, -0.1) is 0 Å². The summed E-state index contributed by atoms with van der Waals surface area (Å²) < 4.78 is 37.4. The lowest BCUT2D eigenvalue weighted by Gasteiger charge is -2.15. The van der Waals surface area contributed by atoms with E-state index >= 15 is 0 Å². The van der Waals surface area contributed by atoms with Crippen molar-refractivity contribution < 1.29 is 22.8 Å². The van der Waals surface area contributed by atoms with Gasteiger partial charge in [-0.1, -0.05) is 19.1 Å². The number of nitrogens with one attached hydrogen (secondary N) is 1. The molecule has 0 bridgehead atoms. The van der Waals surface area contributed by atoms with E-state index < -0.39 is 17.7 Å². The molecule has 2 amide bonds. The fourth-order valence-electron chi connectivity index (χ4n) is 1.77. The van der Waals surface area contributed by atoms with Crippen LogP contribution in [0.5, 0.6) is 0 Å². The highest BCUT2D eigenvalue weighted by molar-refractivity contribution is 5.85. The topological polar surface area (TPSA) is 49.4 Å². The largest absolute Gasteiger partial charge is 0.416 e. The molecule has 22 heavy (non-hydrogen) atoms. The molecular weight excluding hydrogens is 297 g/mol. The van der Waals surface area contributed by atoms with Gasteiger partial charge in [0.1, 0.15) is 0 Å². The molecule has 0 fully saturated rings. The lowest BCUT2D eigenvalue weighted by atomic mass is 9.99. The van der Waals surface area contributed by atoms with Crippen molar-refractivity contribution in [1.29, 1.82) is 0 Å². The van der Waals surface area contributed by atoms with E-state index in [0.29, 0.717) is 12.0 Å². The molecule has 0 aliphatic rings. The summed E-state index contributed by atoms with van der Waals surface area (Å²) in [4.78, 5) is 24.6. The molecule has 0 aliphatic carbocycles. The zero-order chi connectivity index (χ0) is 16.9. The van der Waals surface area contributed by atoms with Gasteiger partial charge in [0, 0.05) is 20.0 Å². The molecule has 0 unspecified atom stereocenters. The molecule has 0 radical (unpaired) electrons. The number of amides is 2. The van der Waals surface area contributed by atoms with Crippen LogP contribution in [0, 0.1) is 5.92 Å². The second-order valence-electron chi connectivity index (χ2n) is 5.31. The van der Waals surface area contributed by atoms with Crippen LogP contribution in [0.3, 0.4) is 0 Å². The first-order valence-corrected chi connectivity index (χ1v) is 6.75. The van der Waals surface area contributed by atoms with E-state index in [2.05, 4.69) is 5.32 Å². The van der Waals surface area contributed by atoms with Gasteiger partial charge < -0.3 is 10.2 Å². The Morgan fingerprint density at radius 1 is 1.18 bits per heavy atom. The van der Waals surface area contributed by atoms with E-state index in [0.717, 1.165) is 12.1 Å². The Hall–Kier alpha value is -2.05. The van der Waals surface area contributed by atoms with E-state index in [9.17, 15) is 22.8 Å². The molecule has 122 valence electrons. The Bertz CT molecular complexity index is 525. The molecular formula is C15H19F3N2O2. The van der Waals surface area contributed by atoms with Crippen LogP contribution in [0.2, 0.25) is 0 Å². The molecule has 1 atom stereocenters. The van der Waals surface area contributed by atoms with Crippen molar-refractivity contribution in [3.8, 4) is 0 Å². The summed E-state index contributed by atoms with van der Waals surface area (Å²) in [5, 5.41) is 2.51. The molecule has 0 saturated heterocycles. The number of nitrogens with zero attached hydrogens (tertiary/aromatic N) is 1. The molecule has 0 spiro atoms. The molecule has 7 heteroatoms. The van der Waals surface area contributed by atoms with Gasteiger partial charge in [-0.25, -0.2) is 0 Å². The van der Waals surface area contributed by atoms with Gasteiger partial charge in [0.25, 0.3) is 0 Å². The molecule has 1 aromatic carbocycles. The van der Waals surface area contributed by atoms with Crippen LogP contribution in [0.4, 0.5) is 13.2 Å². The van der Waals surface area contributed by atoms with E-state index in [1.165, 1.54) is 17.0 Å². The summed E-state index contributed by atoms with van der Waals surface area (Å²) in [6.45, 7) is 1.57. The summed E-state index contributed by atoms with van der Waals surface area (Å²) in [6.07, 6.45) is -4.06. The third kappa shape index (κ3) is 5.38. The Kier molecular flexibility index (Phi) is 5.96. The molecule has 0 saturated carbocycles. The van der Waals surface area contributed by atoms with Crippen molar-refractivity contribution in [1.82, 2.24) is 10.2 Å². The normalized spacial score (nSPS) is 12.6. The van der Waals surface area contributed by atoms with Crippen LogP contribution in [-0.4, -0.2) is 37.4 Å². The average Bonchev–Trinajstić information content (AvgIpc) is 2.43. The van der Waals surface area contributed by atoms with Crippen molar-refractivity contribution in [3.05, 3.63) is 35.4 Å². The summed E-state index contributed by atoms with van der Waals surface area (Å²) in [7, 11) is 3.17. The number of halogens is 3. The molecule has 0 heterocycles. The van der Waals surface area contributed by atoms with E-state index in [4.69, 9.17) is 0 Å². The fraction of sp³-hybridized carbons (Fsp3) is 0.467. The zero-order valence-corrected chi connectivity index (χ0v) is 12.7. The molecule has 0 aromatic heterocycles. The maximum absolute atomic E-state index is 12.5. The van der Waals surface area contributed by atoms with Crippen LogP contribution < -0.4 is 5.32 Å². The highest BCUT2D eigenvalue weighted by atomic mass is 19.4. The number of hydrogen-bond donors (Lipinski definition) is 1. The molecule has 1 rings (SSSR count). The quantitative estimate of drug-likeness (QED) is 0.904. The molecule has 1 N–H and O–H groups in total. The fourth-order valence-corrected chi connectivity index (χ4v) is 1.77. The number of carbonyl (C=O) groups is 2. The number of likely N-dealkylation sites (N-methyl/N-ethyl adjacent to an activating group) is 1. The lowest BCUT2D eigenvalue weighted by molar-refractivity contribution is -0.137. The predicted molar refractivity (Wildman–Crippen MR) is 76.0 cm³/mol. The first-order chi connectivity index (χ1) is 10.1. The first kappa shape index (κ1) is 18.0. The maximum Gasteiger partial charge on any atom is 0.416 e. The van der Waals surface area contributed by atoms with Gasteiger partial charge >= 0.3 is 6.18 Å². The van der Waals surface area contributed by atoms with Gasteiger partial charge in [0.2, 0.25) is 11.8 Å². The monoisotopic (exact) mass is 316 g/mol. The van der Waals surface area contributed by atoms with Gasteiger partial charge in [-0.05, 0) is 24.1 Å². The van der Waals surface area contributed by atoms with Crippen LogP contribution in [0.1, 0.15) is 18.1 Å². The van der Waals surface area contributed by atoms with Crippen LogP contribution in [0.25, 0.3) is 0 Å². The lowest BCUT2D eigenvalue weighted by Crippen LogP contribution is -2.38. The first-order valence-electron chi connectivity index (χ1n) is 6.75. The van der Waals surface area contributed by atoms with Crippen molar-refractivity contribution in [3.63, 3.8) is 0 Å². The Labute approximate surface area is 127 Å². The predicted octanol–water partition coefficient (Wildman–Crippen LogP) is 2.09. The Morgan fingerprint density at radius 2 is 1.73 bits per heavy atom. The summed E-state index contributed by atoms with van der Waals surface area (Å²) >= 11 is 0. The number of hydrogen-bond acceptors (Lipinski definition) is 2. The van der Waals surface area contributed by atoms with Crippen molar-refractivity contribution >= 4 is 11.8 Å². The third-order valence-electron chi connectivity index (χ3n) is 3.18. The number of rotatable bonds is 5. The number of carbonyl (C=O) groups excluding carboxylic acids is 2. The summed E-state index contributed by atoms with van der Waals surface area (Å²) in [6, 6.07) is 4.71. The second-order valence-corrected chi connectivity index (χ2v) is 5.31.